The van der Waals surface area contributed by atoms with Gasteiger partial charge in [-0.3, -0.25) is 10.1 Å². The molecule has 7 nitrogen and oxygen atoms in total. The molecule has 1 aromatic rings. The molecule has 1 aromatic heterocycles. The topological polar surface area (TPSA) is 94.4 Å². The van der Waals surface area contributed by atoms with Crippen molar-refractivity contribution in [2.75, 3.05) is 12.4 Å². The number of hydrogen-bond acceptors (Lipinski definition) is 6. The predicted molar refractivity (Wildman–Crippen MR) is 74.8 cm³/mol. The molecule has 0 aliphatic heterocycles. The summed E-state index contributed by atoms with van der Waals surface area (Å²) in [5.41, 5.74) is -0.282. The average Bonchev–Trinajstić information content (AvgIpc) is 2.38. The molecule has 0 aliphatic carbocycles. The Kier molecular flexibility index (Phi) is 5.69. The van der Waals surface area contributed by atoms with Crippen LogP contribution in [0.3, 0.4) is 0 Å². The SMILES string of the molecule is COC(=O)C(CC(C)C)Nc1ncc(Cl)cc1[N+](=O)[O-]. The third-order valence-corrected chi connectivity index (χ3v) is 2.74. The summed E-state index contributed by atoms with van der Waals surface area (Å²) in [6, 6.07) is 0.480. The molecule has 1 rings (SSSR count). The van der Waals surface area contributed by atoms with Gasteiger partial charge in [0, 0.05) is 12.3 Å². The van der Waals surface area contributed by atoms with Crippen molar-refractivity contribution in [1.82, 2.24) is 4.98 Å². The minimum atomic E-state index is -0.702. The van der Waals surface area contributed by atoms with Crippen LogP contribution in [-0.2, 0) is 9.53 Å². The normalized spacial score (nSPS) is 12.1. The third kappa shape index (κ3) is 4.34. The van der Waals surface area contributed by atoms with Crippen LogP contribution in [-0.4, -0.2) is 29.0 Å². The molecule has 8 heteroatoms. The number of methoxy groups -OCH3 is 1. The van der Waals surface area contributed by atoms with Crippen LogP contribution >= 0.6 is 11.6 Å². The molecule has 0 fully saturated rings. The molecule has 1 atom stereocenters. The van der Waals surface area contributed by atoms with Gasteiger partial charge in [0.15, 0.2) is 0 Å². The standard InChI is InChI=1S/C12H16ClN3O4/c1-7(2)4-9(12(17)20-3)15-11-10(16(18)19)5-8(13)6-14-11/h5-7,9H,4H2,1-3H3,(H,14,15). The smallest absolute Gasteiger partial charge is 0.328 e. The second-order valence-corrected chi connectivity index (χ2v) is 5.06. The van der Waals surface area contributed by atoms with Gasteiger partial charge in [-0.05, 0) is 12.3 Å². The number of nitrogens with zero attached hydrogens (tertiary/aromatic N) is 2. The van der Waals surface area contributed by atoms with Crippen molar-refractivity contribution in [2.45, 2.75) is 26.3 Å². The molecule has 110 valence electrons. The highest BCUT2D eigenvalue weighted by Gasteiger charge is 2.25. The van der Waals surface area contributed by atoms with Gasteiger partial charge in [0.25, 0.3) is 0 Å². The van der Waals surface area contributed by atoms with Crippen molar-refractivity contribution in [3.05, 3.63) is 27.4 Å². The second-order valence-electron chi connectivity index (χ2n) is 4.63. The Morgan fingerprint density at radius 2 is 2.25 bits per heavy atom. The lowest BCUT2D eigenvalue weighted by atomic mass is 10.0. The number of carbonyl (C=O) groups excluding carboxylic acids is 1. The fourth-order valence-corrected chi connectivity index (χ4v) is 1.82. The first kappa shape index (κ1) is 16.2. The van der Waals surface area contributed by atoms with Crippen LogP contribution in [0.5, 0.6) is 0 Å². The van der Waals surface area contributed by atoms with Crippen molar-refractivity contribution in [2.24, 2.45) is 5.92 Å². The number of halogens is 1. The lowest BCUT2D eigenvalue weighted by Gasteiger charge is -2.18. The van der Waals surface area contributed by atoms with Crippen molar-refractivity contribution in [3.63, 3.8) is 0 Å². The van der Waals surface area contributed by atoms with Gasteiger partial charge >= 0.3 is 11.7 Å². The van der Waals surface area contributed by atoms with Gasteiger partial charge in [-0.15, -0.1) is 0 Å². The molecule has 20 heavy (non-hydrogen) atoms. The summed E-state index contributed by atoms with van der Waals surface area (Å²) in [5.74, 6) is -0.293. The summed E-state index contributed by atoms with van der Waals surface area (Å²) in [6.45, 7) is 3.86. The Balaban J connectivity index is 3.04. The van der Waals surface area contributed by atoms with Crippen LogP contribution in [0.1, 0.15) is 20.3 Å². The Morgan fingerprint density at radius 3 is 2.75 bits per heavy atom. The molecule has 1 heterocycles. The molecule has 1 N–H and O–H groups in total. The lowest BCUT2D eigenvalue weighted by Crippen LogP contribution is -2.32. The maximum absolute atomic E-state index is 11.7. The van der Waals surface area contributed by atoms with Gasteiger partial charge in [-0.25, -0.2) is 9.78 Å². The number of ether oxygens (including phenoxy) is 1. The fraction of sp³-hybridized carbons (Fsp3) is 0.500. The largest absolute Gasteiger partial charge is 0.467 e. The number of nitro groups is 1. The highest BCUT2D eigenvalue weighted by Crippen LogP contribution is 2.26. The zero-order valence-corrected chi connectivity index (χ0v) is 12.2. The van der Waals surface area contributed by atoms with Crippen molar-refractivity contribution in [3.8, 4) is 0 Å². The summed E-state index contributed by atoms with van der Waals surface area (Å²) in [7, 11) is 1.26. The van der Waals surface area contributed by atoms with E-state index < -0.39 is 16.9 Å². The van der Waals surface area contributed by atoms with E-state index >= 15 is 0 Å². The van der Waals surface area contributed by atoms with Gasteiger partial charge < -0.3 is 10.1 Å². The number of anilines is 1. The van der Waals surface area contributed by atoms with Gasteiger partial charge in [-0.2, -0.15) is 0 Å². The molecular weight excluding hydrogens is 286 g/mol. The number of pyridine rings is 1. The molecule has 0 aromatic carbocycles. The van der Waals surface area contributed by atoms with E-state index in [4.69, 9.17) is 11.6 Å². The molecular formula is C12H16ClN3O4. The van der Waals surface area contributed by atoms with Crippen molar-refractivity contribution in [1.29, 1.82) is 0 Å². The quantitative estimate of drug-likeness (QED) is 0.493. The van der Waals surface area contributed by atoms with Crippen LogP contribution in [0.4, 0.5) is 11.5 Å². The van der Waals surface area contributed by atoms with E-state index in [1.807, 2.05) is 13.8 Å². The third-order valence-electron chi connectivity index (χ3n) is 2.53. The number of esters is 1. The highest BCUT2D eigenvalue weighted by atomic mass is 35.5. The molecule has 0 radical (unpaired) electrons. The summed E-state index contributed by atoms with van der Waals surface area (Å²) in [4.78, 5) is 25.9. The summed E-state index contributed by atoms with van der Waals surface area (Å²) in [6.07, 6.45) is 1.74. The van der Waals surface area contributed by atoms with Crippen LogP contribution in [0.15, 0.2) is 12.3 Å². The van der Waals surface area contributed by atoms with Crippen molar-refractivity contribution >= 4 is 29.1 Å². The average molecular weight is 302 g/mol. The molecule has 0 saturated carbocycles. The molecule has 1 unspecified atom stereocenters. The molecule has 0 saturated heterocycles. The van der Waals surface area contributed by atoms with E-state index in [9.17, 15) is 14.9 Å². The molecule has 0 bridgehead atoms. The van der Waals surface area contributed by atoms with Crippen molar-refractivity contribution < 1.29 is 14.5 Å². The lowest BCUT2D eigenvalue weighted by molar-refractivity contribution is -0.384. The van der Waals surface area contributed by atoms with Gasteiger partial charge in [0.1, 0.15) is 6.04 Å². The second kappa shape index (κ2) is 7.04. The Labute approximate surface area is 121 Å². The Hall–Kier alpha value is -1.89. The summed E-state index contributed by atoms with van der Waals surface area (Å²) >= 11 is 5.69. The Bertz CT molecular complexity index is 507. The number of rotatable bonds is 6. The van der Waals surface area contributed by atoms with Gasteiger partial charge in [0.05, 0.1) is 17.1 Å². The van der Waals surface area contributed by atoms with E-state index in [1.165, 1.54) is 19.4 Å². The van der Waals surface area contributed by atoms with E-state index in [1.54, 1.807) is 0 Å². The molecule has 0 amide bonds. The van der Waals surface area contributed by atoms with E-state index in [2.05, 4.69) is 15.0 Å². The van der Waals surface area contributed by atoms with Crippen LogP contribution < -0.4 is 5.32 Å². The van der Waals surface area contributed by atoms with E-state index in [0.717, 1.165) is 0 Å². The first-order chi connectivity index (χ1) is 9.35. The first-order valence-electron chi connectivity index (χ1n) is 5.99. The number of carbonyl (C=O) groups is 1. The summed E-state index contributed by atoms with van der Waals surface area (Å²) < 4.78 is 4.68. The maximum Gasteiger partial charge on any atom is 0.328 e. The number of hydrogen-bond donors (Lipinski definition) is 1. The van der Waals surface area contributed by atoms with Crippen LogP contribution in [0.2, 0.25) is 5.02 Å². The van der Waals surface area contributed by atoms with E-state index in [-0.39, 0.29) is 22.4 Å². The molecule has 0 aliphatic rings. The zero-order valence-electron chi connectivity index (χ0n) is 11.4. The monoisotopic (exact) mass is 301 g/mol. The van der Waals surface area contributed by atoms with Gasteiger partial charge in [-0.1, -0.05) is 25.4 Å². The summed E-state index contributed by atoms with van der Waals surface area (Å²) in [5, 5.41) is 13.9. The minimum Gasteiger partial charge on any atom is -0.467 e. The van der Waals surface area contributed by atoms with E-state index in [0.29, 0.717) is 6.42 Å². The number of aromatic nitrogens is 1. The maximum atomic E-state index is 11.7. The number of nitrogens with one attached hydrogen (secondary N) is 1. The predicted octanol–water partition coefficient (Wildman–Crippen LogP) is 2.64. The molecule has 0 spiro atoms. The van der Waals surface area contributed by atoms with Crippen LogP contribution in [0, 0.1) is 16.0 Å². The van der Waals surface area contributed by atoms with Gasteiger partial charge in [0.2, 0.25) is 5.82 Å². The zero-order chi connectivity index (χ0) is 15.3. The van der Waals surface area contributed by atoms with Crippen LogP contribution in [0.25, 0.3) is 0 Å². The first-order valence-corrected chi connectivity index (χ1v) is 6.37. The Morgan fingerprint density at radius 1 is 1.60 bits per heavy atom. The highest BCUT2D eigenvalue weighted by molar-refractivity contribution is 6.30. The minimum absolute atomic E-state index is 0.00421. The fourth-order valence-electron chi connectivity index (χ4n) is 1.67.